The molecule has 4 heteroatoms. The van der Waals surface area contributed by atoms with Gasteiger partial charge in [0, 0.05) is 17.6 Å². The van der Waals surface area contributed by atoms with Gasteiger partial charge in [0.2, 0.25) is 0 Å². The topological polar surface area (TPSA) is 43.7 Å². The Balaban J connectivity index is 3.25. The Morgan fingerprint density at radius 2 is 2.00 bits per heavy atom. The summed E-state index contributed by atoms with van der Waals surface area (Å²) in [5.41, 5.74) is 2.19. The first-order chi connectivity index (χ1) is 6.43. The van der Waals surface area contributed by atoms with Gasteiger partial charge in [-0.1, -0.05) is 11.6 Å². The van der Waals surface area contributed by atoms with E-state index >= 15 is 0 Å². The highest BCUT2D eigenvalue weighted by molar-refractivity contribution is 6.31. The largest absolute Gasteiger partial charge is 0.507 e. The van der Waals surface area contributed by atoms with Crippen LogP contribution in [0, 0.1) is 13.8 Å². The molecule has 3 nitrogen and oxygen atoms in total. The van der Waals surface area contributed by atoms with Gasteiger partial charge in [0.25, 0.3) is 0 Å². The van der Waals surface area contributed by atoms with Crippen LogP contribution >= 0.6 is 11.6 Å². The molecule has 0 unspecified atom stereocenters. The molecule has 2 N–H and O–H groups in total. The second-order valence-electron chi connectivity index (χ2n) is 3.44. The van der Waals surface area contributed by atoms with Crippen LogP contribution in [0.25, 0.3) is 0 Å². The van der Waals surface area contributed by atoms with Gasteiger partial charge in [0.05, 0.1) is 6.54 Å². The Morgan fingerprint density at radius 3 is 2.50 bits per heavy atom. The summed E-state index contributed by atoms with van der Waals surface area (Å²) in [4.78, 5) is 0. The lowest BCUT2D eigenvalue weighted by Crippen LogP contribution is -2.13. The lowest BCUT2D eigenvalue weighted by Gasteiger charge is -2.15. The lowest BCUT2D eigenvalue weighted by molar-refractivity contribution is -0.0737. The van der Waals surface area contributed by atoms with Crippen LogP contribution in [-0.4, -0.2) is 22.4 Å². The van der Waals surface area contributed by atoms with Crippen LogP contribution in [0.15, 0.2) is 6.07 Å². The predicted molar refractivity (Wildman–Crippen MR) is 55.8 cm³/mol. The van der Waals surface area contributed by atoms with Crippen LogP contribution in [0.1, 0.15) is 16.7 Å². The highest BCUT2D eigenvalue weighted by Crippen LogP contribution is 2.31. The summed E-state index contributed by atoms with van der Waals surface area (Å²) in [6, 6.07) is 1.72. The molecule has 0 radical (unpaired) electrons. The van der Waals surface area contributed by atoms with E-state index in [1.165, 1.54) is 7.05 Å². The summed E-state index contributed by atoms with van der Waals surface area (Å²) >= 11 is 5.96. The van der Waals surface area contributed by atoms with Crippen molar-refractivity contribution in [3.05, 3.63) is 27.8 Å². The molecule has 0 aliphatic heterocycles. The molecular formula is C10H14ClNO2. The number of aryl methyl sites for hydroxylation is 1. The molecule has 1 rings (SSSR count). The van der Waals surface area contributed by atoms with Crippen molar-refractivity contribution in [3.63, 3.8) is 0 Å². The molecule has 0 aromatic heterocycles. The first-order valence-electron chi connectivity index (χ1n) is 4.31. The lowest BCUT2D eigenvalue weighted by atomic mass is 10.0. The van der Waals surface area contributed by atoms with Crippen molar-refractivity contribution in [3.8, 4) is 5.75 Å². The molecule has 1 aromatic carbocycles. The zero-order valence-corrected chi connectivity index (χ0v) is 9.26. The molecule has 0 heterocycles. The smallest absolute Gasteiger partial charge is 0.123 e. The fourth-order valence-corrected chi connectivity index (χ4v) is 1.63. The second-order valence-corrected chi connectivity index (χ2v) is 3.85. The minimum absolute atomic E-state index is 0.202. The molecule has 0 amide bonds. The third-order valence-electron chi connectivity index (χ3n) is 2.20. The van der Waals surface area contributed by atoms with E-state index in [0.717, 1.165) is 16.2 Å². The number of aromatic hydroxyl groups is 1. The zero-order valence-electron chi connectivity index (χ0n) is 8.50. The Hall–Kier alpha value is -0.770. The van der Waals surface area contributed by atoms with Crippen molar-refractivity contribution < 1.29 is 10.3 Å². The number of benzene rings is 1. The van der Waals surface area contributed by atoms with E-state index in [9.17, 15) is 5.11 Å². The van der Waals surface area contributed by atoms with E-state index < -0.39 is 0 Å². The first kappa shape index (κ1) is 11.3. The number of hydrogen-bond donors (Lipinski definition) is 2. The highest BCUT2D eigenvalue weighted by atomic mass is 35.5. The van der Waals surface area contributed by atoms with Gasteiger partial charge in [-0.25, -0.2) is 0 Å². The fraction of sp³-hybridized carbons (Fsp3) is 0.400. The van der Waals surface area contributed by atoms with E-state index in [-0.39, 0.29) is 12.3 Å². The van der Waals surface area contributed by atoms with E-state index in [4.69, 9.17) is 16.8 Å². The zero-order chi connectivity index (χ0) is 10.9. The van der Waals surface area contributed by atoms with Crippen LogP contribution in [-0.2, 0) is 6.54 Å². The standard InChI is InChI=1S/C10H14ClNO2/c1-6-4-9(11)7(2)8(10(6)13)5-12(3)14/h4,13-14H,5H2,1-3H3. The van der Waals surface area contributed by atoms with Crippen molar-refractivity contribution in [1.82, 2.24) is 5.06 Å². The molecule has 14 heavy (non-hydrogen) atoms. The third-order valence-corrected chi connectivity index (χ3v) is 2.59. The highest BCUT2D eigenvalue weighted by Gasteiger charge is 2.12. The average Bonchev–Trinajstić information content (AvgIpc) is 2.09. The van der Waals surface area contributed by atoms with Gasteiger partial charge in [0.15, 0.2) is 0 Å². The number of phenolic OH excluding ortho intramolecular Hbond substituents is 1. The van der Waals surface area contributed by atoms with Crippen molar-refractivity contribution in [2.24, 2.45) is 0 Å². The molecule has 0 aliphatic rings. The van der Waals surface area contributed by atoms with E-state index in [2.05, 4.69) is 0 Å². The Bertz CT molecular complexity index is 324. The molecule has 78 valence electrons. The van der Waals surface area contributed by atoms with Gasteiger partial charge in [-0.15, -0.1) is 0 Å². The van der Waals surface area contributed by atoms with Gasteiger partial charge in [-0.2, -0.15) is 5.06 Å². The molecule has 0 saturated heterocycles. The van der Waals surface area contributed by atoms with E-state index in [0.29, 0.717) is 10.6 Å². The average molecular weight is 216 g/mol. The van der Waals surface area contributed by atoms with Crippen LogP contribution in [0.5, 0.6) is 5.75 Å². The second kappa shape index (κ2) is 4.17. The van der Waals surface area contributed by atoms with Crippen molar-refractivity contribution in [2.75, 3.05) is 7.05 Å². The van der Waals surface area contributed by atoms with E-state index in [1.807, 2.05) is 6.92 Å². The van der Waals surface area contributed by atoms with Crippen molar-refractivity contribution in [2.45, 2.75) is 20.4 Å². The molecule has 1 aromatic rings. The van der Waals surface area contributed by atoms with Gasteiger partial charge in [-0.3, -0.25) is 0 Å². The summed E-state index contributed by atoms with van der Waals surface area (Å²) in [6.07, 6.45) is 0. The first-order valence-corrected chi connectivity index (χ1v) is 4.68. The summed E-state index contributed by atoms with van der Waals surface area (Å²) in [5.74, 6) is 0.202. The third kappa shape index (κ3) is 2.18. The number of rotatable bonds is 2. The number of hydrogen-bond acceptors (Lipinski definition) is 3. The Kier molecular flexibility index (Phi) is 3.37. The Labute approximate surface area is 88.5 Å². The van der Waals surface area contributed by atoms with Gasteiger partial charge >= 0.3 is 0 Å². The SMILES string of the molecule is Cc1cc(Cl)c(C)c(CN(C)O)c1O. The van der Waals surface area contributed by atoms with Gasteiger partial charge in [0.1, 0.15) is 5.75 Å². The van der Waals surface area contributed by atoms with Crippen molar-refractivity contribution in [1.29, 1.82) is 0 Å². The molecular weight excluding hydrogens is 202 g/mol. The minimum atomic E-state index is 0.202. The number of halogens is 1. The maximum absolute atomic E-state index is 9.76. The molecule has 0 spiro atoms. The fourth-order valence-electron chi connectivity index (χ4n) is 1.35. The minimum Gasteiger partial charge on any atom is -0.507 e. The summed E-state index contributed by atoms with van der Waals surface area (Å²) < 4.78 is 0. The molecule has 0 aliphatic carbocycles. The molecule has 0 fully saturated rings. The van der Waals surface area contributed by atoms with Crippen LogP contribution in [0.4, 0.5) is 0 Å². The number of nitrogens with zero attached hydrogens (tertiary/aromatic N) is 1. The van der Waals surface area contributed by atoms with E-state index in [1.54, 1.807) is 13.0 Å². The quantitative estimate of drug-likeness (QED) is 0.745. The molecule has 0 bridgehead atoms. The predicted octanol–water partition coefficient (Wildman–Crippen LogP) is 2.48. The maximum Gasteiger partial charge on any atom is 0.123 e. The molecule has 0 saturated carbocycles. The number of hydroxylamine groups is 2. The van der Waals surface area contributed by atoms with Crippen LogP contribution < -0.4 is 0 Å². The van der Waals surface area contributed by atoms with Crippen LogP contribution in [0.3, 0.4) is 0 Å². The van der Waals surface area contributed by atoms with Crippen molar-refractivity contribution >= 4 is 11.6 Å². The summed E-state index contributed by atoms with van der Waals surface area (Å²) in [7, 11) is 1.52. The monoisotopic (exact) mass is 215 g/mol. The van der Waals surface area contributed by atoms with Gasteiger partial charge < -0.3 is 10.3 Å². The number of phenols is 1. The summed E-state index contributed by atoms with van der Waals surface area (Å²) in [5, 5.41) is 20.5. The maximum atomic E-state index is 9.76. The van der Waals surface area contributed by atoms with Crippen LogP contribution in [0.2, 0.25) is 5.02 Å². The Morgan fingerprint density at radius 1 is 1.43 bits per heavy atom. The summed E-state index contributed by atoms with van der Waals surface area (Å²) in [6.45, 7) is 3.86. The normalized spacial score (nSPS) is 11.0. The molecule has 0 atom stereocenters. The van der Waals surface area contributed by atoms with Gasteiger partial charge in [-0.05, 0) is 31.0 Å².